The molecule has 188 valence electrons. The van der Waals surface area contributed by atoms with Crippen LogP contribution in [0.5, 0.6) is 0 Å². The highest BCUT2D eigenvalue weighted by molar-refractivity contribution is 5.90. The Balaban J connectivity index is 1.47. The van der Waals surface area contributed by atoms with Crippen LogP contribution in [0.25, 0.3) is 10.9 Å². The normalized spacial score (nSPS) is 18.9. The number of esters is 1. The second kappa shape index (κ2) is 12.5. The number of para-hydroxylation sites is 1. The Hall–Kier alpha value is -3.19. The maximum atomic E-state index is 11.1. The van der Waals surface area contributed by atoms with Gasteiger partial charge in [0.15, 0.2) is 0 Å². The van der Waals surface area contributed by atoms with Crippen molar-refractivity contribution in [2.24, 2.45) is 5.92 Å². The Morgan fingerprint density at radius 3 is 2.54 bits per heavy atom. The summed E-state index contributed by atoms with van der Waals surface area (Å²) in [5, 5.41) is 8.25. The van der Waals surface area contributed by atoms with E-state index in [1.165, 1.54) is 19.8 Å². The SMILES string of the molecule is C=C(OC(C)=O)/C(C)=C\C(=C/C)CNCC1CCC(Nc2nc(N(C)C)c3ccccc3n2)CC1. The van der Waals surface area contributed by atoms with E-state index in [2.05, 4.69) is 29.4 Å². The van der Waals surface area contributed by atoms with Crippen LogP contribution in [-0.4, -0.2) is 49.2 Å². The van der Waals surface area contributed by atoms with Crippen LogP contribution in [0.2, 0.25) is 0 Å². The third kappa shape index (κ3) is 7.65. The molecular formula is C28H39N5O2. The quantitative estimate of drug-likeness (QED) is 0.276. The number of hydrogen-bond donors (Lipinski definition) is 2. The van der Waals surface area contributed by atoms with Gasteiger partial charge in [0.25, 0.3) is 0 Å². The molecule has 1 aliphatic rings. The molecule has 1 aromatic heterocycles. The van der Waals surface area contributed by atoms with E-state index in [0.29, 0.717) is 23.7 Å². The molecule has 2 aromatic rings. The number of allylic oxidation sites excluding steroid dienone is 2. The average molecular weight is 478 g/mol. The first-order valence-electron chi connectivity index (χ1n) is 12.4. The minimum atomic E-state index is -0.349. The predicted molar refractivity (Wildman–Crippen MR) is 145 cm³/mol. The van der Waals surface area contributed by atoms with Crippen molar-refractivity contribution in [1.29, 1.82) is 0 Å². The molecule has 2 N–H and O–H groups in total. The van der Waals surface area contributed by atoms with Crippen molar-refractivity contribution >= 4 is 28.6 Å². The van der Waals surface area contributed by atoms with E-state index in [9.17, 15) is 4.79 Å². The Morgan fingerprint density at radius 1 is 1.17 bits per heavy atom. The molecule has 0 amide bonds. The van der Waals surface area contributed by atoms with Crippen LogP contribution in [-0.2, 0) is 9.53 Å². The molecular weight excluding hydrogens is 438 g/mol. The number of hydrogen-bond acceptors (Lipinski definition) is 7. The summed E-state index contributed by atoms with van der Waals surface area (Å²) in [4.78, 5) is 22.7. The lowest BCUT2D eigenvalue weighted by Crippen LogP contribution is -2.32. The maximum absolute atomic E-state index is 11.1. The molecule has 0 aliphatic heterocycles. The molecule has 3 rings (SSSR count). The van der Waals surface area contributed by atoms with E-state index < -0.39 is 0 Å². The Morgan fingerprint density at radius 2 is 1.89 bits per heavy atom. The standard InChI is InChI=1S/C28H39N5O2/c1-7-22(16-19(2)20(3)35-21(4)34)17-29-18-23-12-14-24(15-13-23)30-28-31-26-11-9-8-10-25(26)27(32-28)33(5)6/h7-11,16,23-24,29H,3,12-15,17-18H2,1-2,4-6H3,(H,30,31,32)/b19-16-,22-7+. The van der Waals surface area contributed by atoms with Crippen molar-refractivity contribution in [3.8, 4) is 0 Å². The summed E-state index contributed by atoms with van der Waals surface area (Å²) in [5.41, 5.74) is 2.97. The van der Waals surface area contributed by atoms with Gasteiger partial charge in [-0.25, -0.2) is 4.98 Å². The first-order valence-corrected chi connectivity index (χ1v) is 12.4. The van der Waals surface area contributed by atoms with Gasteiger partial charge < -0.3 is 20.3 Å². The summed E-state index contributed by atoms with van der Waals surface area (Å²) in [6.45, 7) is 10.9. The minimum absolute atomic E-state index is 0.349. The third-order valence-electron chi connectivity index (χ3n) is 6.43. The number of rotatable bonds is 10. The monoisotopic (exact) mass is 477 g/mol. The molecule has 0 atom stereocenters. The smallest absolute Gasteiger partial charge is 0.308 e. The first kappa shape index (κ1) is 26.4. The summed E-state index contributed by atoms with van der Waals surface area (Å²) in [6, 6.07) is 8.55. The fraction of sp³-hybridized carbons (Fsp3) is 0.464. The number of carbonyl (C=O) groups is 1. The molecule has 1 aromatic carbocycles. The fourth-order valence-corrected chi connectivity index (χ4v) is 4.43. The number of nitrogens with zero attached hydrogens (tertiary/aromatic N) is 3. The molecule has 0 radical (unpaired) electrons. The van der Waals surface area contributed by atoms with Crippen molar-refractivity contribution in [3.63, 3.8) is 0 Å². The highest BCUT2D eigenvalue weighted by atomic mass is 16.5. The molecule has 0 bridgehead atoms. The van der Waals surface area contributed by atoms with E-state index in [1.54, 1.807) is 0 Å². The fourth-order valence-electron chi connectivity index (χ4n) is 4.43. The summed E-state index contributed by atoms with van der Waals surface area (Å²) >= 11 is 0. The molecule has 7 heteroatoms. The van der Waals surface area contributed by atoms with Gasteiger partial charge in [0.2, 0.25) is 5.95 Å². The Kier molecular flexibility index (Phi) is 9.43. The van der Waals surface area contributed by atoms with Gasteiger partial charge in [0.1, 0.15) is 11.6 Å². The van der Waals surface area contributed by atoms with E-state index in [1.807, 2.05) is 57.1 Å². The number of fused-ring (bicyclic) bond motifs is 1. The zero-order chi connectivity index (χ0) is 25.4. The van der Waals surface area contributed by atoms with Gasteiger partial charge in [-0.05, 0) is 75.3 Å². The van der Waals surface area contributed by atoms with Gasteiger partial charge in [-0.3, -0.25) is 4.79 Å². The third-order valence-corrected chi connectivity index (χ3v) is 6.43. The number of nitrogens with one attached hydrogen (secondary N) is 2. The van der Waals surface area contributed by atoms with Gasteiger partial charge in [-0.1, -0.05) is 30.9 Å². The lowest BCUT2D eigenvalue weighted by molar-refractivity contribution is -0.136. The predicted octanol–water partition coefficient (Wildman–Crippen LogP) is 5.23. The molecule has 0 spiro atoms. The van der Waals surface area contributed by atoms with Crippen molar-refractivity contribution in [2.45, 2.75) is 52.5 Å². The van der Waals surface area contributed by atoms with Crippen LogP contribution in [0, 0.1) is 5.92 Å². The lowest BCUT2D eigenvalue weighted by Gasteiger charge is -2.29. The lowest BCUT2D eigenvalue weighted by atomic mass is 9.86. The first-order chi connectivity index (χ1) is 16.8. The number of ether oxygens (including phenoxy) is 1. The average Bonchev–Trinajstić information content (AvgIpc) is 2.83. The maximum Gasteiger partial charge on any atom is 0.308 e. The van der Waals surface area contributed by atoms with Gasteiger partial charge in [-0.15, -0.1) is 0 Å². The molecule has 0 unspecified atom stereocenters. The van der Waals surface area contributed by atoms with Crippen LogP contribution in [0.1, 0.15) is 46.5 Å². The van der Waals surface area contributed by atoms with Gasteiger partial charge in [0, 0.05) is 39.0 Å². The second-order valence-corrected chi connectivity index (χ2v) is 9.48. The Bertz CT molecular complexity index is 1100. The number of carbonyl (C=O) groups excluding carboxylic acids is 1. The number of aromatic nitrogens is 2. The summed E-state index contributed by atoms with van der Waals surface area (Å²) in [6.07, 6.45) is 8.65. The molecule has 1 saturated carbocycles. The molecule has 7 nitrogen and oxygen atoms in total. The van der Waals surface area contributed by atoms with Crippen molar-refractivity contribution < 1.29 is 9.53 Å². The zero-order valence-electron chi connectivity index (χ0n) is 21.7. The molecule has 0 saturated heterocycles. The zero-order valence-corrected chi connectivity index (χ0v) is 21.7. The van der Waals surface area contributed by atoms with Gasteiger partial charge in [0.05, 0.1) is 5.52 Å². The van der Waals surface area contributed by atoms with E-state index >= 15 is 0 Å². The molecule has 1 fully saturated rings. The van der Waals surface area contributed by atoms with E-state index in [0.717, 1.165) is 53.8 Å². The van der Waals surface area contributed by atoms with Crippen LogP contribution < -0.4 is 15.5 Å². The molecule has 35 heavy (non-hydrogen) atoms. The topological polar surface area (TPSA) is 79.4 Å². The molecule has 1 heterocycles. The molecule has 1 aliphatic carbocycles. The summed E-state index contributed by atoms with van der Waals surface area (Å²) in [5.74, 6) is 2.36. The van der Waals surface area contributed by atoms with E-state index in [-0.39, 0.29) is 5.97 Å². The largest absolute Gasteiger partial charge is 0.427 e. The minimum Gasteiger partial charge on any atom is -0.427 e. The Labute approximate surface area is 209 Å². The number of benzene rings is 1. The highest BCUT2D eigenvalue weighted by Crippen LogP contribution is 2.28. The van der Waals surface area contributed by atoms with Gasteiger partial charge >= 0.3 is 5.97 Å². The van der Waals surface area contributed by atoms with Crippen LogP contribution in [0.3, 0.4) is 0 Å². The van der Waals surface area contributed by atoms with Crippen molar-refractivity contribution in [2.75, 3.05) is 37.4 Å². The van der Waals surface area contributed by atoms with Crippen molar-refractivity contribution in [3.05, 3.63) is 59.9 Å². The second-order valence-electron chi connectivity index (χ2n) is 9.48. The van der Waals surface area contributed by atoms with Gasteiger partial charge in [-0.2, -0.15) is 4.98 Å². The van der Waals surface area contributed by atoms with Crippen LogP contribution in [0.15, 0.2) is 59.9 Å². The van der Waals surface area contributed by atoms with Crippen molar-refractivity contribution in [1.82, 2.24) is 15.3 Å². The summed E-state index contributed by atoms with van der Waals surface area (Å²) in [7, 11) is 4.03. The van der Waals surface area contributed by atoms with Crippen LogP contribution in [0.4, 0.5) is 11.8 Å². The highest BCUT2D eigenvalue weighted by Gasteiger charge is 2.22. The number of anilines is 2. The summed E-state index contributed by atoms with van der Waals surface area (Å²) < 4.78 is 5.08. The van der Waals surface area contributed by atoms with E-state index in [4.69, 9.17) is 14.7 Å². The van der Waals surface area contributed by atoms with Crippen LogP contribution >= 0.6 is 0 Å².